The molecule has 0 aromatic heterocycles. The highest BCUT2D eigenvalue weighted by Gasteiger charge is 2.16. The molecule has 0 radical (unpaired) electrons. The minimum Gasteiger partial charge on any atom is -0.396 e. The van der Waals surface area contributed by atoms with Gasteiger partial charge >= 0.3 is 0 Å². The van der Waals surface area contributed by atoms with Gasteiger partial charge in [-0.3, -0.25) is 0 Å². The fourth-order valence-electron chi connectivity index (χ4n) is 2.11. The lowest BCUT2D eigenvalue weighted by Gasteiger charge is -2.21. The van der Waals surface area contributed by atoms with Gasteiger partial charge in [0.1, 0.15) is 5.82 Å². The molecule has 3 heteroatoms. The monoisotopic (exact) mass is 239 g/mol. The van der Waals surface area contributed by atoms with E-state index in [0.29, 0.717) is 18.0 Å². The van der Waals surface area contributed by atoms with Crippen molar-refractivity contribution in [2.75, 3.05) is 13.2 Å². The topological polar surface area (TPSA) is 46.2 Å². The van der Waals surface area contributed by atoms with Crippen molar-refractivity contribution >= 4 is 0 Å². The van der Waals surface area contributed by atoms with Crippen molar-refractivity contribution in [1.82, 2.24) is 0 Å². The van der Waals surface area contributed by atoms with E-state index in [9.17, 15) is 9.50 Å². The van der Waals surface area contributed by atoms with Crippen LogP contribution in [0.4, 0.5) is 4.39 Å². The summed E-state index contributed by atoms with van der Waals surface area (Å²) in [4.78, 5) is 0. The molecule has 1 rings (SSSR count). The Morgan fingerprint density at radius 3 is 2.59 bits per heavy atom. The molecule has 0 saturated carbocycles. The summed E-state index contributed by atoms with van der Waals surface area (Å²) in [5.41, 5.74) is 7.41. The van der Waals surface area contributed by atoms with Gasteiger partial charge < -0.3 is 10.8 Å². The second kappa shape index (κ2) is 6.72. The summed E-state index contributed by atoms with van der Waals surface area (Å²) in [6, 6.07) is 5.25. The van der Waals surface area contributed by atoms with Crippen LogP contribution in [0.2, 0.25) is 0 Å². The highest BCUT2D eigenvalue weighted by atomic mass is 19.1. The number of benzene rings is 1. The highest BCUT2D eigenvalue weighted by molar-refractivity contribution is 5.26. The van der Waals surface area contributed by atoms with Crippen LogP contribution in [0, 0.1) is 18.7 Å². The summed E-state index contributed by atoms with van der Waals surface area (Å²) in [5, 5.41) is 9.18. The molecular weight excluding hydrogens is 217 g/mol. The number of halogens is 1. The molecule has 2 atom stereocenters. The van der Waals surface area contributed by atoms with Crippen molar-refractivity contribution in [2.24, 2.45) is 11.7 Å². The summed E-state index contributed by atoms with van der Waals surface area (Å²) in [6.07, 6.45) is 1.83. The van der Waals surface area contributed by atoms with Crippen molar-refractivity contribution in [3.05, 3.63) is 35.1 Å². The maximum absolute atomic E-state index is 13.2. The predicted molar refractivity (Wildman–Crippen MR) is 68.4 cm³/mol. The fraction of sp³-hybridized carbons (Fsp3) is 0.571. The maximum Gasteiger partial charge on any atom is 0.126 e. The molecule has 0 aliphatic rings. The zero-order valence-electron chi connectivity index (χ0n) is 10.6. The van der Waals surface area contributed by atoms with E-state index >= 15 is 0 Å². The number of aliphatic hydroxyl groups is 1. The van der Waals surface area contributed by atoms with Gasteiger partial charge in [0, 0.05) is 6.61 Å². The lowest BCUT2D eigenvalue weighted by molar-refractivity contribution is 0.214. The first-order valence-corrected chi connectivity index (χ1v) is 6.19. The van der Waals surface area contributed by atoms with Gasteiger partial charge in [0.25, 0.3) is 0 Å². The summed E-state index contributed by atoms with van der Waals surface area (Å²) < 4.78 is 13.2. The van der Waals surface area contributed by atoms with Gasteiger partial charge in [0.15, 0.2) is 0 Å². The quantitative estimate of drug-likeness (QED) is 0.801. The molecule has 0 aliphatic carbocycles. The van der Waals surface area contributed by atoms with E-state index in [1.807, 2.05) is 12.1 Å². The second-order valence-electron chi connectivity index (χ2n) is 4.63. The summed E-state index contributed by atoms with van der Waals surface area (Å²) >= 11 is 0. The first kappa shape index (κ1) is 14.1. The largest absolute Gasteiger partial charge is 0.396 e. The van der Waals surface area contributed by atoms with E-state index in [1.54, 1.807) is 6.92 Å². The average molecular weight is 239 g/mol. The standard InChI is InChI=1S/C14H22FNO/c1-3-12(7-11(8-16)9-17)13-4-5-14(15)10(2)6-13/h4-6,11-12,17H,3,7-9,16H2,1-2H3. The van der Waals surface area contributed by atoms with Gasteiger partial charge in [0.2, 0.25) is 0 Å². The minimum absolute atomic E-state index is 0.118. The van der Waals surface area contributed by atoms with Crippen molar-refractivity contribution in [3.63, 3.8) is 0 Å². The number of nitrogens with two attached hydrogens (primary N) is 1. The minimum atomic E-state index is -0.166. The smallest absolute Gasteiger partial charge is 0.126 e. The lowest BCUT2D eigenvalue weighted by Crippen LogP contribution is -2.20. The zero-order chi connectivity index (χ0) is 12.8. The van der Waals surface area contributed by atoms with Gasteiger partial charge in [-0.05, 0) is 55.3 Å². The lowest BCUT2D eigenvalue weighted by atomic mass is 9.86. The molecule has 2 unspecified atom stereocenters. The molecular formula is C14H22FNO. The second-order valence-corrected chi connectivity index (χ2v) is 4.63. The zero-order valence-corrected chi connectivity index (χ0v) is 10.6. The first-order valence-electron chi connectivity index (χ1n) is 6.19. The van der Waals surface area contributed by atoms with Crippen LogP contribution in [0.1, 0.15) is 36.8 Å². The van der Waals surface area contributed by atoms with E-state index in [0.717, 1.165) is 18.4 Å². The van der Waals surface area contributed by atoms with Gasteiger partial charge in [-0.1, -0.05) is 19.1 Å². The Morgan fingerprint density at radius 2 is 2.12 bits per heavy atom. The molecule has 0 saturated heterocycles. The van der Waals surface area contributed by atoms with Gasteiger partial charge in [-0.15, -0.1) is 0 Å². The summed E-state index contributed by atoms with van der Waals surface area (Å²) in [6.45, 7) is 4.49. The normalized spacial score (nSPS) is 14.6. The molecule has 1 aromatic carbocycles. The summed E-state index contributed by atoms with van der Waals surface area (Å²) in [5.74, 6) is 0.307. The number of rotatable bonds is 6. The van der Waals surface area contributed by atoms with Crippen LogP contribution in [0.5, 0.6) is 0 Å². The first-order chi connectivity index (χ1) is 8.12. The SMILES string of the molecule is CCC(CC(CN)CO)c1ccc(F)c(C)c1. The van der Waals surface area contributed by atoms with Crippen LogP contribution >= 0.6 is 0 Å². The van der Waals surface area contributed by atoms with E-state index in [1.165, 1.54) is 6.07 Å². The van der Waals surface area contributed by atoms with Crippen LogP contribution in [0.15, 0.2) is 18.2 Å². The van der Waals surface area contributed by atoms with Crippen molar-refractivity contribution in [2.45, 2.75) is 32.6 Å². The van der Waals surface area contributed by atoms with Gasteiger partial charge in [-0.2, -0.15) is 0 Å². The highest BCUT2D eigenvalue weighted by Crippen LogP contribution is 2.27. The molecule has 0 amide bonds. The fourth-order valence-corrected chi connectivity index (χ4v) is 2.11. The number of hydrogen-bond donors (Lipinski definition) is 2. The third-order valence-electron chi connectivity index (χ3n) is 3.36. The number of aryl methyl sites for hydroxylation is 1. The molecule has 3 N–H and O–H groups in total. The Labute approximate surface area is 103 Å². The molecule has 96 valence electrons. The Bertz CT molecular complexity index is 350. The number of hydrogen-bond acceptors (Lipinski definition) is 2. The van der Waals surface area contributed by atoms with Crippen LogP contribution in [-0.4, -0.2) is 18.3 Å². The van der Waals surface area contributed by atoms with E-state index in [4.69, 9.17) is 5.73 Å². The third-order valence-corrected chi connectivity index (χ3v) is 3.36. The van der Waals surface area contributed by atoms with Crippen LogP contribution in [-0.2, 0) is 0 Å². The van der Waals surface area contributed by atoms with E-state index < -0.39 is 0 Å². The molecule has 0 spiro atoms. The predicted octanol–water partition coefficient (Wildman–Crippen LogP) is 2.59. The third kappa shape index (κ3) is 3.79. The maximum atomic E-state index is 13.2. The van der Waals surface area contributed by atoms with Crippen molar-refractivity contribution < 1.29 is 9.50 Å². The van der Waals surface area contributed by atoms with Crippen LogP contribution in [0.25, 0.3) is 0 Å². The Kier molecular flexibility index (Phi) is 5.59. The number of aliphatic hydroxyl groups excluding tert-OH is 1. The van der Waals surface area contributed by atoms with Gasteiger partial charge in [-0.25, -0.2) is 4.39 Å². The Morgan fingerprint density at radius 1 is 1.41 bits per heavy atom. The van der Waals surface area contributed by atoms with Gasteiger partial charge in [0.05, 0.1) is 0 Å². The Balaban J connectivity index is 2.82. The van der Waals surface area contributed by atoms with E-state index in [-0.39, 0.29) is 18.3 Å². The molecule has 0 heterocycles. The molecule has 2 nitrogen and oxygen atoms in total. The molecule has 0 fully saturated rings. The van der Waals surface area contributed by atoms with Crippen molar-refractivity contribution in [1.29, 1.82) is 0 Å². The molecule has 0 aliphatic heterocycles. The molecule has 1 aromatic rings. The Hall–Kier alpha value is -0.930. The van der Waals surface area contributed by atoms with E-state index in [2.05, 4.69) is 6.92 Å². The van der Waals surface area contributed by atoms with Crippen LogP contribution < -0.4 is 5.73 Å². The van der Waals surface area contributed by atoms with Crippen LogP contribution in [0.3, 0.4) is 0 Å². The summed E-state index contributed by atoms with van der Waals surface area (Å²) in [7, 11) is 0. The molecule has 0 bridgehead atoms. The average Bonchev–Trinajstić information content (AvgIpc) is 2.35. The molecule has 17 heavy (non-hydrogen) atoms. The van der Waals surface area contributed by atoms with Crippen molar-refractivity contribution in [3.8, 4) is 0 Å².